The Kier molecular flexibility index (Phi) is 6.15. The summed E-state index contributed by atoms with van der Waals surface area (Å²) in [6.07, 6.45) is 10.9. The number of unbranched alkanes of at least 4 members (excludes halogenated alkanes) is 5. The maximum atomic E-state index is 12.2. The number of rotatable bonds is 7. The molecule has 19 heavy (non-hydrogen) atoms. The third kappa shape index (κ3) is 4.48. The third-order valence-electron chi connectivity index (χ3n) is 4.70. The highest BCUT2D eigenvalue weighted by Crippen LogP contribution is 2.25. The quantitative estimate of drug-likeness (QED) is 0.719. The van der Waals surface area contributed by atoms with Crippen molar-refractivity contribution in [2.75, 3.05) is 19.6 Å². The smallest absolute Gasteiger partial charge is 0.222 e. The van der Waals surface area contributed by atoms with Crippen molar-refractivity contribution in [3.8, 4) is 0 Å². The number of nitrogens with zero attached hydrogens (tertiary/aromatic N) is 1. The topological polar surface area (TPSA) is 32.3 Å². The molecule has 3 heteroatoms. The van der Waals surface area contributed by atoms with E-state index >= 15 is 0 Å². The van der Waals surface area contributed by atoms with Crippen LogP contribution >= 0.6 is 0 Å². The van der Waals surface area contributed by atoms with Crippen molar-refractivity contribution in [3.05, 3.63) is 0 Å². The van der Waals surface area contributed by atoms with E-state index in [1.165, 1.54) is 44.9 Å². The molecule has 2 saturated heterocycles. The van der Waals surface area contributed by atoms with E-state index in [1.807, 2.05) is 0 Å². The molecule has 110 valence electrons. The minimum atomic E-state index is 0.395. The molecule has 2 heterocycles. The van der Waals surface area contributed by atoms with Gasteiger partial charge in [-0.3, -0.25) is 4.79 Å². The summed E-state index contributed by atoms with van der Waals surface area (Å²) in [5.41, 5.74) is 0. The second-order valence-electron chi connectivity index (χ2n) is 6.28. The average Bonchev–Trinajstić information content (AvgIpc) is 2.86. The molecule has 0 bridgehead atoms. The van der Waals surface area contributed by atoms with Gasteiger partial charge in [0.15, 0.2) is 0 Å². The highest BCUT2D eigenvalue weighted by Gasteiger charge is 2.35. The van der Waals surface area contributed by atoms with Gasteiger partial charge in [-0.2, -0.15) is 0 Å². The zero-order chi connectivity index (χ0) is 13.5. The molecule has 0 aromatic rings. The van der Waals surface area contributed by atoms with Gasteiger partial charge in [0.25, 0.3) is 0 Å². The fraction of sp³-hybridized carbons (Fsp3) is 0.938. The van der Waals surface area contributed by atoms with E-state index in [0.29, 0.717) is 11.9 Å². The van der Waals surface area contributed by atoms with Crippen molar-refractivity contribution < 1.29 is 4.79 Å². The van der Waals surface area contributed by atoms with E-state index in [9.17, 15) is 4.79 Å². The number of piperidine rings is 1. The molecule has 0 spiro atoms. The van der Waals surface area contributed by atoms with Gasteiger partial charge < -0.3 is 10.2 Å². The van der Waals surface area contributed by atoms with Gasteiger partial charge in [0, 0.05) is 25.6 Å². The maximum Gasteiger partial charge on any atom is 0.222 e. The van der Waals surface area contributed by atoms with Gasteiger partial charge in [0.1, 0.15) is 0 Å². The number of carbonyl (C=O) groups excluding carboxylic acids is 1. The molecule has 0 aromatic carbocycles. The number of amides is 1. The van der Waals surface area contributed by atoms with Gasteiger partial charge in [-0.25, -0.2) is 0 Å². The second kappa shape index (κ2) is 7.88. The number of hydrogen-bond acceptors (Lipinski definition) is 2. The molecule has 2 aliphatic heterocycles. The lowest BCUT2D eigenvalue weighted by molar-refractivity contribution is -0.130. The zero-order valence-electron chi connectivity index (χ0n) is 12.5. The number of likely N-dealkylation sites (tertiary alicyclic amines) is 1. The summed E-state index contributed by atoms with van der Waals surface area (Å²) in [4.78, 5) is 14.3. The Morgan fingerprint density at radius 3 is 2.74 bits per heavy atom. The van der Waals surface area contributed by atoms with Gasteiger partial charge in [0.05, 0.1) is 0 Å². The van der Waals surface area contributed by atoms with E-state index in [-0.39, 0.29) is 0 Å². The van der Waals surface area contributed by atoms with Gasteiger partial charge >= 0.3 is 0 Å². The van der Waals surface area contributed by atoms with Gasteiger partial charge in [-0.05, 0) is 31.7 Å². The predicted molar refractivity (Wildman–Crippen MR) is 79.1 cm³/mol. The number of fused-ring (bicyclic) bond motifs is 1. The summed E-state index contributed by atoms with van der Waals surface area (Å²) in [6, 6.07) is 0.585. The van der Waals surface area contributed by atoms with Crippen LogP contribution in [0.15, 0.2) is 0 Å². The summed E-state index contributed by atoms with van der Waals surface area (Å²) >= 11 is 0. The minimum absolute atomic E-state index is 0.395. The van der Waals surface area contributed by atoms with E-state index < -0.39 is 0 Å². The Bertz CT molecular complexity index is 266. The summed E-state index contributed by atoms with van der Waals surface area (Å²) in [5.74, 6) is 1.12. The fourth-order valence-electron chi connectivity index (χ4n) is 3.47. The molecule has 0 aliphatic carbocycles. The molecular formula is C16H30N2O. The summed E-state index contributed by atoms with van der Waals surface area (Å²) in [6.45, 7) is 5.34. The van der Waals surface area contributed by atoms with Crippen LogP contribution in [0.5, 0.6) is 0 Å². The van der Waals surface area contributed by atoms with Crippen LogP contribution in [0.3, 0.4) is 0 Å². The number of hydrogen-bond donors (Lipinski definition) is 1. The van der Waals surface area contributed by atoms with Crippen molar-refractivity contribution >= 4 is 5.91 Å². The molecule has 0 aromatic heterocycles. The standard InChI is InChI=1S/C16H30N2O/c1-2-3-4-5-6-7-10-16(19)18-12-14-9-8-11-17-15(14)13-18/h14-15,17H,2-13H2,1H3/t14-,15+/m0/s1. The van der Waals surface area contributed by atoms with Crippen molar-refractivity contribution in [1.29, 1.82) is 0 Å². The van der Waals surface area contributed by atoms with Gasteiger partial charge in [-0.15, -0.1) is 0 Å². The fourth-order valence-corrected chi connectivity index (χ4v) is 3.47. The molecule has 2 atom stereocenters. The normalized spacial score (nSPS) is 26.5. The summed E-state index contributed by atoms with van der Waals surface area (Å²) < 4.78 is 0. The second-order valence-corrected chi connectivity index (χ2v) is 6.28. The van der Waals surface area contributed by atoms with Crippen molar-refractivity contribution in [1.82, 2.24) is 10.2 Å². The predicted octanol–water partition coefficient (Wildman–Crippen LogP) is 2.95. The number of carbonyl (C=O) groups is 1. The van der Waals surface area contributed by atoms with Crippen LogP contribution in [-0.2, 0) is 4.79 Å². The van der Waals surface area contributed by atoms with Gasteiger partial charge in [-0.1, -0.05) is 39.0 Å². The van der Waals surface area contributed by atoms with E-state index in [2.05, 4.69) is 17.1 Å². The molecule has 3 nitrogen and oxygen atoms in total. The SMILES string of the molecule is CCCCCCCCC(=O)N1C[C@@H]2CCCN[C@@H]2C1. The Hall–Kier alpha value is -0.570. The Morgan fingerprint density at radius 2 is 1.95 bits per heavy atom. The van der Waals surface area contributed by atoms with Crippen LogP contribution < -0.4 is 5.32 Å². The van der Waals surface area contributed by atoms with Gasteiger partial charge in [0.2, 0.25) is 5.91 Å². The molecular weight excluding hydrogens is 236 g/mol. The van der Waals surface area contributed by atoms with E-state index in [1.54, 1.807) is 0 Å². The highest BCUT2D eigenvalue weighted by atomic mass is 16.2. The summed E-state index contributed by atoms with van der Waals surface area (Å²) in [7, 11) is 0. The van der Waals surface area contributed by atoms with E-state index in [4.69, 9.17) is 0 Å². The molecule has 0 radical (unpaired) electrons. The zero-order valence-corrected chi connectivity index (χ0v) is 12.5. The Labute approximate surface area is 118 Å². The molecule has 0 unspecified atom stereocenters. The largest absolute Gasteiger partial charge is 0.341 e. The molecule has 2 fully saturated rings. The lowest BCUT2D eigenvalue weighted by atomic mass is 9.94. The minimum Gasteiger partial charge on any atom is -0.341 e. The van der Waals surface area contributed by atoms with Crippen LogP contribution in [0.2, 0.25) is 0 Å². The van der Waals surface area contributed by atoms with Crippen molar-refractivity contribution in [2.24, 2.45) is 5.92 Å². The molecule has 0 saturated carbocycles. The van der Waals surface area contributed by atoms with Crippen LogP contribution in [-0.4, -0.2) is 36.5 Å². The lowest BCUT2D eigenvalue weighted by Crippen LogP contribution is -2.41. The number of nitrogens with one attached hydrogen (secondary N) is 1. The lowest BCUT2D eigenvalue weighted by Gasteiger charge is -2.24. The molecule has 2 aliphatic rings. The first-order valence-corrected chi connectivity index (χ1v) is 8.32. The summed E-state index contributed by atoms with van der Waals surface area (Å²) in [5, 5.41) is 3.56. The van der Waals surface area contributed by atoms with Crippen LogP contribution in [0, 0.1) is 5.92 Å². The highest BCUT2D eigenvalue weighted by molar-refractivity contribution is 5.76. The molecule has 2 rings (SSSR count). The van der Waals surface area contributed by atoms with Crippen molar-refractivity contribution in [2.45, 2.75) is 70.8 Å². The van der Waals surface area contributed by atoms with Crippen LogP contribution in [0.1, 0.15) is 64.7 Å². The first-order chi connectivity index (χ1) is 9.31. The first-order valence-electron chi connectivity index (χ1n) is 8.32. The van der Waals surface area contributed by atoms with Crippen LogP contribution in [0.4, 0.5) is 0 Å². The molecule has 1 N–H and O–H groups in total. The maximum absolute atomic E-state index is 12.2. The Balaban J connectivity index is 1.59. The van der Waals surface area contributed by atoms with Crippen LogP contribution in [0.25, 0.3) is 0 Å². The van der Waals surface area contributed by atoms with Crippen molar-refractivity contribution in [3.63, 3.8) is 0 Å². The average molecular weight is 266 g/mol. The van der Waals surface area contributed by atoms with E-state index in [0.717, 1.165) is 38.4 Å². The molecule has 1 amide bonds. The Morgan fingerprint density at radius 1 is 1.16 bits per heavy atom. The third-order valence-corrected chi connectivity index (χ3v) is 4.70. The monoisotopic (exact) mass is 266 g/mol. The first kappa shape index (κ1) is 14.8.